The van der Waals surface area contributed by atoms with Crippen molar-refractivity contribution in [2.45, 2.75) is 13.0 Å². The standard InChI is InChI=1S/C11H23NO5/c1-4-12-10(11(13)15-3)9-17-8-7-16-6-5-14-2/h10,12H,4-9H2,1-3H3. The number of hydrogen-bond donors (Lipinski definition) is 1. The summed E-state index contributed by atoms with van der Waals surface area (Å²) in [6.45, 7) is 4.95. The Labute approximate surface area is 103 Å². The van der Waals surface area contributed by atoms with E-state index in [-0.39, 0.29) is 12.6 Å². The largest absolute Gasteiger partial charge is 0.468 e. The lowest BCUT2D eigenvalue weighted by Crippen LogP contribution is -2.41. The van der Waals surface area contributed by atoms with E-state index in [1.165, 1.54) is 7.11 Å². The molecule has 0 aliphatic carbocycles. The van der Waals surface area contributed by atoms with Crippen LogP contribution >= 0.6 is 0 Å². The zero-order chi connectivity index (χ0) is 12.9. The number of rotatable bonds is 11. The number of nitrogens with one attached hydrogen (secondary N) is 1. The Kier molecular flexibility index (Phi) is 11.3. The Morgan fingerprint density at radius 2 is 1.76 bits per heavy atom. The number of hydrogen-bond acceptors (Lipinski definition) is 6. The first-order valence-electron chi connectivity index (χ1n) is 5.71. The molecule has 6 nitrogen and oxygen atoms in total. The zero-order valence-electron chi connectivity index (χ0n) is 10.9. The van der Waals surface area contributed by atoms with E-state index in [2.05, 4.69) is 10.1 Å². The molecule has 102 valence electrons. The molecular weight excluding hydrogens is 226 g/mol. The predicted molar refractivity (Wildman–Crippen MR) is 63.0 cm³/mol. The Balaban J connectivity index is 3.51. The highest BCUT2D eigenvalue weighted by atomic mass is 16.5. The van der Waals surface area contributed by atoms with Gasteiger partial charge in [-0.15, -0.1) is 0 Å². The highest BCUT2D eigenvalue weighted by Crippen LogP contribution is 1.90. The summed E-state index contributed by atoms with van der Waals surface area (Å²) in [6.07, 6.45) is 0. The van der Waals surface area contributed by atoms with Crippen LogP contribution in [0.1, 0.15) is 6.92 Å². The van der Waals surface area contributed by atoms with E-state index in [9.17, 15) is 4.79 Å². The molecule has 0 heterocycles. The van der Waals surface area contributed by atoms with Gasteiger partial charge in [0, 0.05) is 7.11 Å². The van der Waals surface area contributed by atoms with Gasteiger partial charge in [-0.25, -0.2) is 0 Å². The van der Waals surface area contributed by atoms with Crippen molar-refractivity contribution in [2.75, 3.05) is 53.8 Å². The molecule has 17 heavy (non-hydrogen) atoms. The van der Waals surface area contributed by atoms with Gasteiger partial charge >= 0.3 is 5.97 Å². The van der Waals surface area contributed by atoms with Crippen LogP contribution in [-0.2, 0) is 23.7 Å². The average molecular weight is 249 g/mol. The topological polar surface area (TPSA) is 66.0 Å². The molecule has 1 atom stereocenters. The van der Waals surface area contributed by atoms with E-state index < -0.39 is 6.04 Å². The van der Waals surface area contributed by atoms with E-state index in [0.29, 0.717) is 33.0 Å². The van der Waals surface area contributed by atoms with Crippen LogP contribution in [0, 0.1) is 0 Å². The Hall–Kier alpha value is -0.690. The number of methoxy groups -OCH3 is 2. The first kappa shape index (κ1) is 16.3. The number of carbonyl (C=O) groups excluding carboxylic acids is 1. The first-order valence-corrected chi connectivity index (χ1v) is 5.71. The monoisotopic (exact) mass is 249 g/mol. The summed E-state index contributed by atoms with van der Waals surface area (Å²) >= 11 is 0. The van der Waals surface area contributed by atoms with Crippen LogP contribution in [0.4, 0.5) is 0 Å². The summed E-state index contributed by atoms with van der Waals surface area (Å²) in [5.74, 6) is -0.313. The maximum Gasteiger partial charge on any atom is 0.325 e. The molecule has 0 aromatic carbocycles. The third kappa shape index (κ3) is 9.05. The molecule has 0 saturated carbocycles. The van der Waals surface area contributed by atoms with Crippen molar-refractivity contribution in [3.8, 4) is 0 Å². The van der Waals surface area contributed by atoms with Crippen LogP contribution in [0.5, 0.6) is 0 Å². The van der Waals surface area contributed by atoms with E-state index in [4.69, 9.17) is 14.2 Å². The van der Waals surface area contributed by atoms with Crippen LogP contribution in [0.3, 0.4) is 0 Å². The normalized spacial score (nSPS) is 12.4. The lowest BCUT2D eigenvalue weighted by Gasteiger charge is -2.15. The predicted octanol–water partition coefficient (Wildman–Crippen LogP) is -0.183. The SMILES string of the molecule is CCNC(COCCOCCOC)C(=O)OC. The maximum absolute atomic E-state index is 11.3. The average Bonchev–Trinajstić information content (AvgIpc) is 2.35. The second kappa shape index (κ2) is 11.8. The summed E-state index contributed by atoms with van der Waals surface area (Å²) < 4.78 is 20.0. The molecule has 0 aromatic rings. The lowest BCUT2D eigenvalue weighted by molar-refractivity contribution is -0.145. The van der Waals surface area contributed by atoms with Gasteiger partial charge in [-0.2, -0.15) is 0 Å². The minimum atomic E-state index is -0.413. The fourth-order valence-corrected chi connectivity index (χ4v) is 1.16. The van der Waals surface area contributed by atoms with Gasteiger partial charge in [0.25, 0.3) is 0 Å². The molecule has 6 heteroatoms. The fraction of sp³-hybridized carbons (Fsp3) is 0.909. The molecule has 0 spiro atoms. The molecule has 1 unspecified atom stereocenters. The van der Waals surface area contributed by atoms with Gasteiger partial charge in [-0.3, -0.25) is 4.79 Å². The Morgan fingerprint density at radius 3 is 2.35 bits per heavy atom. The van der Waals surface area contributed by atoms with Crippen LogP contribution in [-0.4, -0.2) is 65.8 Å². The van der Waals surface area contributed by atoms with Crippen molar-refractivity contribution in [1.29, 1.82) is 0 Å². The number of carbonyl (C=O) groups is 1. The van der Waals surface area contributed by atoms with Gasteiger partial charge in [-0.05, 0) is 6.54 Å². The van der Waals surface area contributed by atoms with E-state index in [1.807, 2.05) is 6.92 Å². The summed E-state index contributed by atoms with van der Waals surface area (Å²) in [7, 11) is 2.98. The van der Waals surface area contributed by atoms with Gasteiger partial charge in [0.1, 0.15) is 6.04 Å². The van der Waals surface area contributed by atoms with Gasteiger partial charge in [-0.1, -0.05) is 6.92 Å². The molecule has 0 bridgehead atoms. The molecule has 0 fully saturated rings. The van der Waals surface area contributed by atoms with Crippen molar-refractivity contribution >= 4 is 5.97 Å². The third-order valence-electron chi connectivity index (χ3n) is 2.02. The minimum Gasteiger partial charge on any atom is -0.468 e. The molecule has 0 saturated heterocycles. The van der Waals surface area contributed by atoms with E-state index in [0.717, 1.165) is 0 Å². The van der Waals surface area contributed by atoms with Gasteiger partial charge in [0.05, 0.1) is 40.1 Å². The van der Waals surface area contributed by atoms with Crippen molar-refractivity contribution in [2.24, 2.45) is 0 Å². The number of ether oxygens (including phenoxy) is 4. The number of esters is 1. The highest BCUT2D eigenvalue weighted by molar-refractivity contribution is 5.75. The lowest BCUT2D eigenvalue weighted by atomic mass is 10.3. The minimum absolute atomic E-state index is 0.286. The fourth-order valence-electron chi connectivity index (χ4n) is 1.16. The molecule has 0 rings (SSSR count). The highest BCUT2D eigenvalue weighted by Gasteiger charge is 2.17. The third-order valence-corrected chi connectivity index (χ3v) is 2.02. The van der Waals surface area contributed by atoms with E-state index in [1.54, 1.807) is 7.11 Å². The quantitative estimate of drug-likeness (QED) is 0.405. The Bertz CT molecular complexity index is 189. The molecule has 0 aliphatic rings. The van der Waals surface area contributed by atoms with Gasteiger partial charge in [0.2, 0.25) is 0 Å². The van der Waals surface area contributed by atoms with Crippen LogP contribution in [0.2, 0.25) is 0 Å². The summed E-state index contributed by atoms with van der Waals surface area (Å²) in [5, 5.41) is 2.98. The van der Waals surface area contributed by atoms with Gasteiger partial charge in [0.15, 0.2) is 0 Å². The first-order chi connectivity index (χ1) is 8.26. The van der Waals surface area contributed by atoms with E-state index >= 15 is 0 Å². The molecule has 0 radical (unpaired) electrons. The van der Waals surface area contributed by atoms with Crippen LogP contribution in [0.15, 0.2) is 0 Å². The second-order valence-corrected chi connectivity index (χ2v) is 3.31. The second-order valence-electron chi connectivity index (χ2n) is 3.31. The molecule has 0 amide bonds. The zero-order valence-corrected chi connectivity index (χ0v) is 10.9. The number of likely N-dealkylation sites (N-methyl/N-ethyl adjacent to an activating group) is 1. The molecular formula is C11H23NO5. The van der Waals surface area contributed by atoms with Crippen molar-refractivity contribution in [3.05, 3.63) is 0 Å². The smallest absolute Gasteiger partial charge is 0.325 e. The Morgan fingerprint density at radius 1 is 1.12 bits per heavy atom. The summed E-state index contributed by atoms with van der Waals surface area (Å²) in [6, 6.07) is -0.413. The summed E-state index contributed by atoms with van der Waals surface area (Å²) in [5.41, 5.74) is 0. The molecule has 0 aromatic heterocycles. The summed E-state index contributed by atoms with van der Waals surface area (Å²) in [4.78, 5) is 11.3. The van der Waals surface area contributed by atoms with Crippen molar-refractivity contribution < 1.29 is 23.7 Å². The van der Waals surface area contributed by atoms with Crippen molar-refractivity contribution in [3.63, 3.8) is 0 Å². The van der Waals surface area contributed by atoms with Crippen LogP contribution in [0.25, 0.3) is 0 Å². The van der Waals surface area contributed by atoms with Crippen molar-refractivity contribution in [1.82, 2.24) is 5.32 Å². The van der Waals surface area contributed by atoms with Gasteiger partial charge < -0.3 is 24.3 Å². The maximum atomic E-state index is 11.3. The molecule has 1 N–H and O–H groups in total. The van der Waals surface area contributed by atoms with Crippen LogP contribution < -0.4 is 5.32 Å². The molecule has 0 aliphatic heterocycles.